The third-order valence-corrected chi connectivity index (χ3v) is 4.46. The second-order valence-electron chi connectivity index (χ2n) is 5.87. The monoisotopic (exact) mass is 461 g/mol. The third kappa shape index (κ3) is 6.76. The smallest absolute Gasteiger partial charge is 0.252 e. The molecule has 1 saturated heterocycles. The normalized spacial score (nSPS) is 16.0. The minimum atomic E-state index is -0.0953. The molecule has 0 spiro atoms. The van der Waals surface area contributed by atoms with Crippen LogP contribution >= 0.6 is 40.7 Å². The Morgan fingerprint density at radius 3 is 2.81 bits per heavy atom. The highest BCUT2D eigenvalue weighted by Crippen LogP contribution is 2.23. The van der Waals surface area contributed by atoms with Crippen molar-refractivity contribution in [2.45, 2.75) is 12.8 Å². The number of piperidine rings is 1. The number of carbonyl (C=O) groups is 1. The highest BCUT2D eigenvalue weighted by molar-refractivity contribution is 9.10. The lowest BCUT2D eigenvalue weighted by atomic mass is 10.00. The number of hydrogen-bond donors (Lipinski definition) is 2. The van der Waals surface area contributed by atoms with Gasteiger partial charge in [0, 0.05) is 23.3 Å². The van der Waals surface area contributed by atoms with Gasteiger partial charge < -0.3 is 15.4 Å². The Bertz CT molecular complexity index is 695. The van der Waals surface area contributed by atoms with E-state index in [0.717, 1.165) is 24.0 Å². The predicted octanol–water partition coefficient (Wildman–Crippen LogP) is 4.21. The number of aromatic nitrogens is 1. The zero-order valence-electron chi connectivity index (χ0n) is 14.1. The van der Waals surface area contributed by atoms with Crippen molar-refractivity contribution in [3.05, 3.63) is 52.6 Å². The fourth-order valence-electron chi connectivity index (χ4n) is 2.66. The van der Waals surface area contributed by atoms with Crippen LogP contribution in [0.2, 0.25) is 0 Å². The van der Waals surface area contributed by atoms with Crippen molar-refractivity contribution >= 4 is 46.7 Å². The molecule has 0 aliphatic carbocycles. The summed E-state index contributed by atoms with van der Waals surface area (Å²) in [5.74, 6) is 1.57. The molecule has 1 unspecified atom stereocenters. The zero-order valence-corrected chi connectivity index (χ0v) is 17.3. The molecule has 1 aliphatic rings. The number of nitrogens with zero attached hydrogens (tertiary/aromatic N) is 1. The van der Waals surface area contributed by atoms with Crippen LogP contribution in [-0.2, 0) is 0 Å². The highest BCUT2D eigenvalue weighted by atomic mass is 79.9. The van der Waals surface area contributed by atoms with Crippen LogP contribution in [0.4, 0.5) is 0 Å². The Morgan fingerprint density at radius 1 is 1.31 bits per heavy atom. The van der Waals surface area contributed by atoms with E-state index in [9.17, 15) is 4.79 Å². The van der Waals surface area contributed by atoms with Crippen molar-refractivity contribution in [1.29, 1.82) is 0 Å². The molecule has 8 heteroatoms. The molecule has 0 bridgehead atoms. The first kappa shape index (κ1) is 22.7. The number of hydrogen-bond acceptors (Lipinski definition) is 4. The quantitative estimate of drug-likeness (QED) is 0.698. The number of nitrogens with one attached hydrogen (secondary N) is 2. The molecule has 2 heterocycles. The van der Waals surface area contributed by atoms with Gasteiger partial charge in [0.05, 0.1) is 5.56 Å². The van der Waals surface area contributed by atoms with Crippen LogP contribution in [-0.4, -0.2) is 30.5 Å². The molecule has 26 heavy (non-hydrogen) atoms. The van der Waals surface area contributed by atoms with Crippen molar-refractivity contribution in [2.75, 3.05) is 19.6 Å². The van der Waals surface area contributed by atoms with Crippen LogP contribution in [0, 0.1) is 5.92 Å². The van der Waals surface area contributed by atoms with E-state index in [4.69, 9.17) is 4.74 Å². The summed E-state index contributed by atoms with van der Waals surface area (Å²) in [6, 6.07) is 11.0. The van der Waals surface area contributed by atoms with E-state index in [1.165, 1.54) is 6.42 Å². The first-order chi connectivity index (χ1) is 11.7. The van der Waals surface area contributed by atoms with Gasteiger partial charge in [-0.1, -0.05) is 22.0 Å². The molecule has 1 atom stereocenters. The van der Waals surface area contributed by atoms with Gasteiger partial charge in [-0.15, -0.1) is 24.8 Å². The molecule has 5 nitrogen and oxygen atoms in total. The third-order valence-electron chi connectivity index (χ3n) is 3.97. The Kier molecular flexibility index (Phi) is 9.94. The van der Waals surface area contributed by atoms with Crippen molar-refractivity contribution in [2.24, 2.45) is 5.92 Å². The fraction of sp³-hybridized carbons (Fsp3) is 0.333. The summed E-state index contributed by atoms with van der Waals surface area (Å²) in [4.78, 5) is 16.4. The number of rotatable bonds is 5. The van der Waals surface area contributed by atoms with Crippen molar-refractivity contribution < 1.29 is 9.53 Å². The van der Waals surface area contributed by atoms with E-state index in [1.807, 2.05) is 24.3 Å². The molecule has 2 N–H and O–H groups in total. The van der Waals surface area contributed by atoms with E-state index >= 15 is 0 Å². The molecule has 0 radical (unpaired) electrons. The van der Waals surface area contributed by atoms with Crippen LogP contribution in [0.3, 0.4) is 0 Å². The maximum absolute atomic E-state index is 12.2. The van der Waals surface area contributed by atoms with Gasteiger partial charge in [0.1, 0.15) is 5.75 Å². The van der Waals surface area contributed by atoms with Gasteiger partial charge in [0.15, 0.2) is 0 Å². The number of ether oxygens (including phenoxy) is 1. The van der Waals surface area contributed by atoms with Crippen LogP contribution < -0.4 is 15.4 Å². The van der Waals surface area contributed by atoms with Crippen molar-refractivity contribution in [1.82, 2.24) is 15.6 Å². The maximum atomic E-state index is 12.2. The Labute approximate surface area is 174 Å². The lowest BCUT2D eigenvalue weighted by molar-refractivity contribution is 0.0944. The van der Waals surface area contributed by atoms with Crippen LogP contribution in [0.5, 0.6) is 11.6 Å². The van der Waals surface area contributed by atoms with Gasteiger partial charge >= 0.3 is 0 Å². The summed E-state index contributed by atoms with van der Waals surface area (Å²) in [6.45, 7) is 2.74. The molecule has 3 rings (SSSR count). The predicted molar refractivity (Wildman–Crippen MR) is 111 cm³/mol. The number of carbonyl (C=O) groups excluding carboxylic acids is 1. The average Bonchev–Trinajstić information content (AvgIpc) is 2.61. The molecule has 2 aromatic rings. The van der Waals surface area contributed by atoms with Gasteiger partial charge in [-0.2, -0.15) is 0 Å². The van der Waals surface area contributed by atoms with Gasteiger partial charge in [0.25, 0.3) is 5.91 Å². The molecule has 1 aliphatic heterocycles. The molecule has 0 saturated carbocycles. The summed E-state index contributed by atoms with van der Waals surface area (Å²) in [5.41, 5.74) is 0.542. The topological polar surface area (TPSA) is 63.2 Å². The SMILES string of the molecule is Cl.Cl.O=C(NCC1CCCNC1)c1ccc(Oc2cccc(Br)c2)nc1. The van der Waals surface area contributed by atoms with Crippen molar-refractivity contribution in [3.63, 3.8) is 0 Å². The summed E-state index contributed by atoms with van der Waals surface area (Å²) in [5, 5.41) is 6.33. The van der Waals surface area contributed by atoms with Gasteiger partial charge in [-0.25, -0.2) is 4.98 Å². The second-order valence-corrected chi connectivity index (χ2v) is 6.78. The molecule has 1 aromatic heterocycles. The standard InChI is InChI=1S/C18H20BrN3O2.2ClH/c19-15-4-1-5-16(9-15)24-17-7-6-14(12-21-17)18(23)22-11-13-3-2-8-20-10-13;;/h1,4-7,9,12-13,20H,2-3,8,10-11H2,(H,22,23);2*1H. The van der Waals surface area contributed by atoms with Gasteiger partial charge in [-0.05, 0) is 56.1 Å². The number of amides is 1. The summed E-state index contributed by atoms with van der Waals surface area (Å²) in [6.07, 6.45) is 3.87. The maximum Gasteiger partial charge on any atom is 0.252 e. The minimum absolute atomic E-state index is 0. The first-order valence-corrected chi connectivity index (χ1v) is 8.88. The average molecular weight is 463 g/mol. The molecular weight excluding hydrogens is 441 g/mol. The summed E-state index contributed by atoms with van der Waals surface area (Å²) < 4.78 is 6.61. The van der Waals surface area contributed by atoms with Gasteiger partial charge in [0.2, 0.25) is 5.88 Å². The molecule has 1 fully saturated rings. The number of pyridine rings is 1. The lowest BCUT2D eigenvalue weighted by Crippen LogP contribution is -2.38. The molecule has 1 amide bonds. The molecule has 142 valence electrons. The lowest BCUT2D eigenvalue weighted by Gasteiger charge is -2.22. The van der Waals surface area contributed by atoms with E-state index in [1.54, 1.807) is 18.3 Å². The van der Waals surface area contributed by atoms with E-state index in [2.05, 4.69) is 31.5 Å². The largest absolute Gasteiger partial charge is 0.439 e. The van der Waals surface area contributed by atoms with Crippen LogP contribution in [0.15, 0.2) is 47.1 Å². The fourth-order valence-corrected chi connectivity index (χ4v) is 3.04. The van der Waals surface area contributed by atoms with Crippen LogP contribution in [0.25, 0.3) is 0 Å². The highest BCUT2D eigenvalue weighted by Gasteiger charge is 2.14. The summed E-state index contributed by atoms with van der Waals surface area (Å²) in [7, 11) is 0. The van der Waals surface area contributed by atoms with Gasteiger partial charge in [-0.3, -0.25) is 4.79 Å². The summed E-state index contributed by atoms with van der Waals surface area (Å²) >= 11 is 3.40. The minimum Gasteiger partial charge on any atom is -0.439 e. The van der Waals surface area contributed by atoms with E-state index in [0.29, 0.717) is 29.7 Å². The van der Waals surface area contributed by atoms with E-state index < -0.39 is 0 Å². The zero-order chi connectivity index (χ0) is 16.8. The Balaban J connectivity index is 0.00000169. The first-order valence-electron chi connectivity index (χ1n) is 8.09. The molecular formula is C18H22BrCl2N3O2. The number of halogens is 3. The van der Waals surface area contributed by atoms with E-state index in [-0.39, 0.29) is 30.7 Å². The Morgan fingerprint density at radius 2 is 2.15 bits per heavy atom. The van der Waals surface area contributed by atoms with Crippen LogP contribution in [0.1, 0.15) is 23.2 Å². The Hall–Kier alpha value is -1.34. The molecule has 1 aromatic carbocycles. The van der Waals surface area contributed by atoms with Crippen molar-refractivity contribution in [3.8, 4) is 11.6 Å². The second kappa shape index (κ2) is 11.4. The number of benzene rings is 1.